The van der Waals surface area contributed by atoms with Gasteiger partial charge in [-0.2, -0.15) is 0 Å². The minimum absolute atomic E-state index is 0.241. The standard InChI is InChI=1S/C23H24Cl2N2O2S2/c1-15-4-3-5-17(16(15)2)12-18-14-30-23(26-18)27-10-8-19(9-11-27)31(28,29)20-6-7-21(24)22(25)13-20/h3-7,13-14,19H,8-12H2,1-2H3. The Labute approximate surface area is 197 Å². The molecule has 1 aliphatic heterocycles. The fourth-order valence-electron chi connectivity index (χ4n) is 3.92. The van der Waals surface area contributed by atoms with Crippen molar-refractivity contribution >= 4 is 49.5 Å². The van der Waals surface area contributed by atoms with Crippen LogP contribution < -0.4 is 4.90 Å². The summed E-state index contributed by atoms with van der Waals surface area (Å²) in [4.78, 5) is 7.26. The highest BCUT2D eigenvalue weighted by Gasteiger charge is 2.32. The molecule has 4 nitrogen and oxygen atoms in total. The van der Waals surface area contributed by atoms with Gasteiger partial charge in [-0.1, -0.05) is 41.4 Å². The van der Waals surface area contributed by atoms with Crippen LogP contribution in [-0.4, -0.2) is 31.7 Å². The molecule has 0 unspecified atom stereocenters. The summed E-state index contributed by atoms with van der Waals surface area (Å²) in [7, 11) is -3.44. The van der Waals surface area contributed by atoms with Gasteiger partial charge in [-0.3, -0.25) is 0 Å². The summed E-state index contributed by atoms with van der Waals surface area (Å²) in [6, 6.07) is 10.9. The highest BCUT2D eigenvalue weighted by molar-refractivity contribution is 7.92. The number of hydrogen-bond donors (Lipinski definition) is 0. The van der Waals surface area contributed by atoms with Crippen LogP contribution in [0.3, 0.4) is 0 Å². The van der Waals surface area contributed by atoms with E-state index in [4.69, 9.17) is 28.2 Å². The van der Waals surface area contributed by atoms with Crippen LogP contribution >= 0.6 is 34.5 Å². The van der Waals surface area contributed by atoms with Crippen LogP contribution in [0, 0.1) is 13.8 Å². The Kier molecular flexibility index (Phi) is 6.63. The molecule has 0 amide bonds. The fraction of sp³-hybridized carbons (Fsp3) is 0.348. The van der Waals surface area contributed by atoms with E-state index in [1.54, 1.807) is 17.4 Å². The molecule has 1 fully saturated rings. The van der Waals surface area contributed by atoms with Gasteiger partial charge in [0.15, 0.2) is 15.0 Å². The molecule has 0 radical (unpaired) electrons. The van der Waals surface area contributed by atoms with Crippen LogP contribution in [0.25, 0.3) is 0 Å². The molecule has 2 heterocycles. The number of halogens is 2. The Hall–Kier alpha value is -1.60. The molecule has 3 aromatic rings. The Balaban J connectivity index is 1.42. The summed E-state index contributed by atoms with van der Waals surface area (Å²) in [6.45, 7) is 5.61. The van der Waals surface area contributed by atoms with Crippen molar-refractivity contribution in [2.75, 3.05) is 18.0 Å². The van der Waals surface area contributed by atoms with Crippen LogP contribution in [-0.2, 0) is 16.3 Å². The van der Waals surface area contributed by atoms with E-state index in [-0.39, 0.29) is 9.92 Å². The lowest BCUT2D eigenvalue weighted by Crippen LogP contribution is -2.39. The first-order chi connectivity index (χ1) is 14.8. The van der Waals surface area contributed by atoms with Crippen molar-refractivity contribution in [3.63, 3.8) is 0 Å². The number of thiazole rings is 1. The number of nitrogens with zero attached hydrogens (tertiary/aromatic N) is 2. The first-order valence-corrected chi connectivity index (χ1v) is 13.4. The summed E-state index contributed by atoms with van der Waals surface area (Å²) >= 11 is 13.6. The second-order valence-electron chi connectivity index (χ2n) is 7.96. The van der Waals surface area contributed by atoms with Crippen molar-refractivity contribution in [1.29, 1.82) is 0 Å². The Morgan fingerprint density at radius 2 is 1.84 bits per heavy atom. The maximum absolute atomic E-state index is 13.0. The van der Waals surface area contributed by atoms with Crippen LogP contribution in [0.4, 0.5) is 5.13 Å². The second-order valence-corrected chi connectivity index (χ2v) is 11.8. The number of piperidine rings is 1. The number of rotatable bonds is 5. The third-order valence-corrected chi connectivity index (χ3v) is 9.95. The molecule has 0 spiro atoms. The molecule has 0 N–H and O–H groups in total. The van der Waals surface area contributed by atoms with E-state index in [2.05, 4.69) is 42.3 Å². The highest BCUT2D eigenvalue weighted by Crippen LogP contribution is 2.32. The first-order valence-electron chi connectivity index (χ1n) is 10.2. The van der Waals surface area contributed by atoms with Gasteiger partial charge in [0.05, 0.1) is 25.9 Å². The van der Waals surface area contributed by atoms with Crippen molar-refractivity contribution < 1.29 is 8.42 Å². The van der Waals surface area contributed by atoms with Gasteiger partial charge >= 0.3 is 0 Å². The van der Waals surface area contributed by atoms with Crippen molar-refractivity contribution in [2.24, 2.45) is 0 Å². The lowest BCUT2D eigenvalue weighted by Gasteiger charge is -2.31. The smallest absolute Gasteiger partial charge is 0.185 e. The molecule has 1 saturated heterocycles. The molecule has 1 aliphatic rings. The molecule has 0 saturated carbocycles. The average Bonchev–Trinajstić information content (AvgIpc) is 3.22. The molecule has 31 heavy (non-hydrogen) atoms. The highest BCUT2D eigenvalue weighted by atomic mass is 35.5. The molecule has 0 atom stereocenters. The zero-order valence-electron chi connectivity index (χ0n) is 17.4. The Morgan fingerprint density at radius 3 is 2.55 bits per heavy atom. The van der Waals surface area contributed by atoms with Gasteiger partial charge in [0.25, 0.3) is 0 Å². The summed E-state index contributed by atoms with van der Waals surface area (Å²) < 4.78 is 26.1. The van der Waals surface area contributed by atoms with Crippen LogP contribution in [0.5, 0.6) is 0 Å². The summed E-state index contributed by atoms with van der Waals surface area (Å²) in [5, 5.41) is 3.27. The van der Waals surface area contributed by atoms with E-state index < -0.39 is 15.1 Å². The summed E-state index contributed by atoms with van der Waals surface area (Å²) in [5.41, 5.74) is 4.95. The molecule has 164 valence electrons. The van der Waals surface area contributed by atoms with Gasteiger partial charge in [-0.05, 0) is 61.6 Å². The normalized spacial score (nSPS) is 15.4. The van der Waals surface area contributed by atoms with Gasteiger partial charge in [-0.25, -0.2) is 13.4 Å². The first kappa shape index (κ1) is 22.6. The molecular weight excluding hydrogens is 471 g/mol. The number of benzene rings is 2. The lowest BCUT2D eigenvalue weighted by molar-refractivity contribution is 0.529. The molecule has 2 aromatic carbocycles. The summed E-state index contributed by atoms with van der Waals surface area (Å²) in [5.74, 6) is 0. The van der Waals surface area contributed by atoms with Crippen LogP contribution in [0.15, 0.2) is 46.7 Å². The van der Waals surface area contributed by atoms with E-state index in [0.717, 1.165) is 17.2 Å². The topological polar surface area (TPSA) is 50.3 Å². The van der Waals surface area contributed by atoms with Gasteiger partial charge in [0.2, 0.25) is 0 Å². The minimum atomic E-state index is -3.44. The number of hydrogen-bond acceptors (Lipinski definition) is 5. The molecule has 0 bridgehead atoms. The molecule has 1 aromatic heterocycles. The van der Waals surface area contributed by atoms with E-state index >= 15 is 0 Å². The number of aromatic nitrogens is 1. The van der Waals surface area contributed by atoms with Gasteiger partial charge < -0.3 is 4.90 Å². The summed E-state index contributed by atoms with van der Waals surface area (Å²) in [6.07, 6.45) is 1.94. The second kappa shape index (κ2) is 9.10. The average molecular weight is 495 g/mol. The van der Waals surface area contributed by atoms with E-state index in [1.165, 1.54) is 28.8 Å². The SMILES string of the molecule is Cc1cccc(Cc2csc(N3CCC(S(=O)(=O)c4ccc(Cl)c(Cl)c4)CC3)n2)c1C. The quantitative estimate of drug-likeness (QED) is 0.429. The third kappa shape index (κ3) is 4.77. The van der Waals surface area contributed by atoms with E-state index in [1.807, 2.05) is 0 Å². The van der Waals surface area contributed by atoms with Crippen molar-refractivity contribution in [3.05, 3.63) is 74.2 Å². The van der Waals surface area contributed by atoms with Crippen molar-refractivity contribution in [2.45, 2.75) is 43.3 Å². The number of sulfone groups is 1. The van der Waals surface area contributed by atoms with Crippen LogP contribution in [0.2, 0.25) is 10.0 Å². The maximum atomic E-state index is 13.0. The molecular formula is C23H24Cl2N2O2S2. The van der Waals surface area contributed by atoms with E-state index in [9.17, 15) is 8.42 Å². The Morgan fingerprint density at radius 1 is 1.10 bits per heavy atom. The van der Waals surface area contributed by atoms with Gasteiger partial charge in [0, 0.05) is 24.9 Å². The van der Waals surface area contributed by atoms with E-state index in [0.29, 0.717) is 31.0 Å². The van der Waals surface area contributed by atoms with Crippen LogP contribution in [0.1, 0.15) is 35.2 Å². The monoisotopic (exact) mass is 494 g/mol. The fourth-order valence-corrected chi connectivity index (χ4v) is 6.92. The molecule has 0 aliphatic carbocycles. The maximum Gasteiger partial charge on any atom is 0.185 e. The Bertz CT molecular complexity index is 1200. The minimum Gasteiger partial charge on any atom is -0.348 e. The van der Waals surface area contributed by atoms with Crippen molar-refractivity contribution in [3.8, 4) is 0 Å². The molecule has 4 rings (SSSR count). The third-order valence-electron chi connectivity index (χ3n) is 6.00. The van der Waals surface area contributed by atoms with Gasteiger partial charge in [0.1, 0.15) is 0 Å². The predicted molar refractivity (Wildman–Crippen MR) is 130 cm³/mol. The lowest BCUT2D eigenvalue weighted by atomic mass is 10.0. The predicted octanol–water partition coefficient (Wildman–Crippen LogP) is 6.10. The van der Waals surface area contributed by atoms with Gasteiger partial charge in [-0.15, -0.1) is 11.3 Å². The molecule has 8 heteroatoms. The largest absolute Gasteiger partial charge is 0.348 e. The van der Waals surface area contributed by atoms with Crippen molar-refractivity contribution in [1.82, 2.24) is 4.98 Å². The zero-order chi connectivity index (χ0) is 22.2. The number of aryl methyl sites for hydroxylation is 1. The zero-order valence-corrected chi connectivity index (χ0v) is 20.6. The number of anilines is 1.